The lowest BCUT2D eigenvalue weighted by atomic mass is 9.72. The van der Waals surface area contributed by atoms with Crippen molar-refractivity contribution >= 4 is 5.97 Å². The maximum atomic E-state index is 13.0. The second-order valence-corrected chi connectivity index (χ2v) is 6.82. The van der Waals surface area contributed by atoms with Crippen LogP contribution in [0.1, 0.15) is 43.2 Å². The highest BCUT2D eigenvalue weighted by molar-refractivity contribution is 5.90. The van der Waals surface area contributed by atoms with Gasteiger partial charge in [-0.3, -0.25) is 4.79 Å². The third kappa shape index (κ3) is 2.56. The fraction of sp³-hybridized carbons (Fsp3) is 0.318. The number of carbonyl (C=O) groups is 1. The molecule has 1 saturated heterocycles. The van der Waals surface area contributed by atoms with Gasteiger partial charge in [0.2, 0.25) is 0 Å². The predicted octanol–water partition coefficient (Wildman–Crippen LogP) is 4.79. The van der Waals surface area contributed by atoms with Crippen molar-refractivity contribution in [2.75, 3.05) is 0 Å². The number of ether oxygens (including phenoxy) is 1. The molecule has 0 N–H and O–H groups in total. The summed E-state index contributed by atoms with van der Waals surface area (Å²) in [5, 5.41) is 0. The van der Waals surface area contributed by atoms with Gasteiger partial charge >= 0.3 is 5.97 Å². The summed E-state index contributed by atoms with van der Waals surface area (Å²) in [4.78, 5) is 13.0. The highest BCUT2D eigenvalue weighted by Gasteiger charge is 2.51. The molecule has 2 fully saturated rings. The lowest BCUT2D eigenvalue weighted by Crippen LogP contribution is -2.32. The number of carbonyl (C=O) groups excluding carboxylic acids is 1. The van der Waals surface area contributed by atoms with Crippen LogP contribution in [-0.2, 0) is 14.9 Å². The van der Waals surface area contributed by atoms with Gasteiger partial charge in [0, 0.05) is 6.42 Å². The van der Waals surface area contributed by atoms with Crippen LogP contribution < -0.4 is 0 Å². The third-order valence-corrected chi connectivity index (χ3v) is 5.31. The summed E-state index contributed by atoms with van der Waals surface area (Å²) in [6.45, 7) is 0. The Hall–Kier alpha value is -2.35. The van der Waals surface area contributed by atoms with Gasteiger partial charge in [-0.2, -0.15) is 0 Å². The Morgan fingerprint density at radius 3 is 1.96 bits per heavy atom. The fourth-order valence-electron chi connectivity index (χ4n) is 4.10. The predicted molar refractivity (Wildman–Crippen MR) is 94.7 cm³/mol. The monoisotopic (exact) mass is 318 g/mol. The Kier molecular flexibility index (Phi) is 3.97. The molecule has 0 bridgehead atoms. The summed E-state index contributed by atoms with van der Waals surface area (Å²) in [6, 6.07) is 20.1. The Morgan fingerprint density at radius 1 is 0.875 bits per heavy atom. The zero-order valence-corrected chi connectivity index (χ0v) is 13.8. The summed E-state index contributed by atoms with van der Waals surface area (Å²) >= 11 is 0. The molecular formula is C22H22O2. The van der Waals surface area contributed by atoms with Crippen LogP contribution in [0, 0.1) is 0 Å². The number of esters is 1. The van der Waals surface area contributed by atoms with E-state index in [9.17, 15) is 4.79 Å². The number of allylic oxidation sites excluding steroid dienone is 1. The molecule has 4 rings (SSSR count). The Labute approximate surface area is 143 Å². The molecule has 1 saturated carbocycles. The van der Waals surface area contributed by atoms with E-state index in [2.05, 4.69) is 6.08 Å². The Bertz CT molecular complexity index is 699. The summed E-state index contributed by atoms with van der Waals surface area (Å²) in [6.07, 6.45) is 7.59. The first-order valence-corrected chi connectivity index (χ1v) is 8.81. The second-order valence-electron chi connectivity index (χ2n) is 6.82. The van der Waals surface area contributed by atoms with Crippen molar-refractivity contribution in [3.05, 3.63) is 83.4 Å². The maximum absolute atomic E-state index is 13.0. The van der Waals surface area contributed by atoms with Crippen LogP contribution in [0.15, 0.2) is 72.3 Å². The van der Waals surface area contributed by atoms with E-state index in [1.165, 1.54) is 18.4 Å². The van der Waals surface area contributed by atoms with Gasteiger partial charge in [-0.1, -0.05) is 66.2 Å². The lowest BCUT2D eigenvalue weighted by molar-refractivity contribution is -0.143. The SMILES string of the molecule is O=C1OC(C=C2CCCC2)CC1(c1ccccc1)c1ccccc1. The van der Waals surface area contributed by atoms with Gasteiger partial charge in [0.15, 0.2) is 0 Å². The zero-order chi connectivity index (χ0) is 16.4. The van der Waals surface area contributed by atoms with E-state index in [-0.39, 0.29) is 12.1 Å². The minimum atomic E-state index is -0.692. The van der Waals surface area contributed by atoms with E-state index in [0.717, 1.165) is 24.0 Å². The van der Waals surface area contributed by atoms with E-state index in [1.807, 2.05) is 60.7 Å². The largest absolute Gasteiger partial charge is 0.457 e. The lowest BCUT2D eigenvalue weighted by Gasteiger charge is -2.26. The molecule has 1 unspecified atom stereocenters. The van der Waals surface area contributed by atoms with Crippen LogP contribution in [-0.4, -0.2) is 12.1 Å². The first-order chi connectivity index (χ1) is 11.8. The minimum Gasteiger partial charge on any atom is -0.457 e. The molecule has 2 nitrogen and oxygen atoms in total. The minimum absolute atomic E-state index is 0.119. The number of hydrogen-bond acceptors (Lipinski definition) is 2. The first kappa shape index (κ1) is 15.2. The van der Waals surface area contributed by atoms with Gasteiger partial charge in [-0.15, -0.1) is 0 Å². The van der Waals surface area contributed by atoms with E-state index < -0.39 is 5.41 Å². The average molecular weight is 318 g/mol. The van der Waals surface area contributed by atoms with Gasteiger partial charge in [-0.05, 0) is 42.9 Å². The third-order valence-electron chi connectivity index (χ3n) is 5.31. The molecule has 1 atom stereocenters. The molecule has 24 heavy (non-hydrogen) atoms. The molecule has 0 amide bonds. The van der Waals surface area contributed by atoms with Crippen molar-refractivity contribution in [1.29, 1.82) is 0 Å². The fourth-order valence-corrected chi connectivity index (χ4v) is 4.10. The number of benzene rings is 2. The number of rotatable bonds is 3. The first-order valence-electron chi connectivity index (χ1n) is 8.81. The van der Waals surface area contributed by atoms with Crippen molar-refractivity contribution in [1.82, 2.24) is 0 Å². The summed E-state index contributed by atoms with van der Waals surface area (Å²) in [5.41, 5.74) is 2.80. The van der Waals surface area contributed by atoms with Crippen molar-refractivity contribution in [2.45, 2.75) is 43.6 Å². The molecule has 0 aromatic heterocycles. The molecular weight excluding hydrogens is 296 g/mol. The quantitative estimate of drug-likeness (QED) is 0.601. The highest BCUT2D eigenvalue weighted by Crippen LogP contribution is 2.44. The van der Waals surface area contributed by atoms with Gasteiger partial charge in [0.25, 0.3) is 0 Å². The van der Waals surface area contributed by atoms with Crippen molar-refractivity contribution in [3.63, 3.8) is 0 Å². The van der Waals surface area contributed by atoms with E-state index in [1.54, 1.807) is 0 Å². The summed E-state index contributed by atoms with van der Waals surface area (Å²) < 4.78 is 5.83. The van der Waals surface area contributed by atoms with E-state index in [4.69, 9.17) is 4.74 Å². The Balaban J connectivity index is 1.77. The van der Waals surface area contributed by atoms with Gasteiger partial charge in [0.05, 0.1) is 0 Å². The topological polar surface area (TPSA) is 26.3 Å². The highest BCUT2D eigenvalue weighted by atomic mass is 16.6. The number of cyclic esters (lactones) is 1. The molecule has 2 aromatic rings. The van der Waals surface area contributed by atoms with Crippen molar-refractivity contribution < 1.29 is 9.53 Å². The standard InChI is InChI=1S/C22H22O2/c23-21-22(18-11-3-1-4-12-18,19-13-5-2-6-14-19)16-20(24-21)15-17-9-7-8-10-17/h1-6,11-15,20H,7-10,16H2. The van der Waals surface area contributed by atoms with Crippen LogP contribution in [0.2, 0.25) is 0 Å². The zero-order valence-electron chi connectivity index (χ0n) is 13.8. The molecule has 0 spiro atoms. The Morgan fingerprint density at radius 2 is 1.42 bits per heavy atom. The normalized spacial score (nSPS) is 22.4. The van der Waals surface area contributed by atoms with Crippen LogP contribution >= 0.6 is 0 Å². The molecule has 2 heteroatoms. The summed E-state index contributed by atoms with van der Waals surface area (Å²) in [7, 11) is 0. The molecule has 1 aliphatic carbocycles. The average Bonchev–Trinajstić information content (AvgIpc) is 3.25. The van der Waals surface area contributed by atoms with Gasteiger partial charge in [-0.25, -0.2) is 0 Å². The second kappa shape index (κ2) is 6.27. The smallest absolute Gasteiger partial charge is 0.321 e. The van der Waals surface area contributed by atoms with Gasteiger partial charge in [0.1, 0.15) is 11.5 Å². The molecule has 0 radical (unpaired) electrons. The van der Waals surface area contributed by atoms with Crippen molar-refractivity contribution in [2.24, 2.45) is 0 Å². The molecule has 2 aliphatic rings. The molecule has 1 aliphatic heterocycles. The van der Waals surface area contributed by atoms with Crippen LogP contribution in [0.4, 0.5) is 0 Å². The van der Waals surface area contributed by atoms with Crippen molar-refractivity contribution in [3.8, 4) is 0 Å². The van der Waals surface area contributed by atoms with E-state index >= 15 is 0 Å². The number of hydrogen-bond donors (Lipinski definition) is 0. The van der Waals surface area contributed by atoms with Crippen LogP contribution in [0.3, 0.4) is 0 Å². The van der Waals surface area contributed by atoms with Crippen LogP contribution in [0.5, 0.6) is 0 Å². The molecule has 122 valence electrons. The summed E-state index contributed by atoms with van der Waals surface area (Å²) in [5.74, 6) is -0.125. The van der Waals surface area contributed by atoms with Crippen LogP contribution in [0.25, 0.3) is 0 Å². The van der Waals surface area contributed by atoms with Gasteiger partial charge < -0.3 is 4.74 Å². The molecule has 2 aromatic carbocycles. The maximum Gasteiger partial charge on any atom is 0.321 e. The van der Waals surface area contributed by atoms with E-state index in [0.29, 0.717) is 6.42 Å². The molecule has 1 heterocycles.